The number of hydrogen-bond donors (Lipinski definition) is 3. The van der Waals surface area contributed by atoms with E-state index in [1.807, 2.05) is 42.5 Å². The number of rotatable bonds is 7. The topological polar surface area (TPSA) is 104 Å². The molecule has 0 spiro atoms. The number of nitrogens with zero attached hydrogens (tertiary/aromatic N) is 2. The lowest BCUT2D eigenvalue weighted by atomic mass is 10.1. The van der Waals surface area contributed by atoms with E-state index in [1.165, 1.54) is 11.3 Å². The predicted octanol–water partition coefficient (Wildman–Crippen LogP) is 3.66. The number of carbonyl (C=O) groups is 2. The number of carboxylic acid groups (broad SMARTS) is 1. The molecule has 1 saturated heterocycles. The Balaban J connectivity index is 1.58. The first kappa shape index (κ1) is 21.1. The maximum atomic E-state index is 13.1. The number of nitrogens with one attached hydrogen (secondary N) is 2. The van der Waals surface area contributed by atoms with E-state index < -0.39 is 5.97 Å². The van der Waals surface area contributed by atoms with Crippen LogP contribution in [0.2, 0.25) is 0 Å². The van der Waals surface area contributed by atoms with Gasteiger partial charge in [0.2, 0.25) is 0 Å². The van der Waals surface area contributed by atoms with E-state index in [0.29, 0.717) is 22.2 Å². The van der Waals surface area contributed by atoms with Crippen molar-refractivity contribution in [1.29, 1.82) is 0 Å². The zero-order chi connectivity index (χ0) is 21.8. The van der Waals surface area contributed by atoms with Gasteiger partial charge in [0.25, 0.3) is 5.91 Å². The molecule has 1 fully saturated rings. The number of amides is 1. The van der Waals surface area contributed by atoms with Gasteiger partial charge in [-0.15, -0.1) is 0 Å². The highest BCUT2D eigenvalue weighted by Crippen LogP contribution is 2.33. The van der Waals surface area contributed by atoms with Gasteiger partial charge in [0, 0.05) is 25.9 Å². The fourth-order valence-electron chi connectivity index (χ4n) is 3.64. The summed E-state index contributed by atoms with van der Waals surface area (Å²) in [5.74, 6) is -1.07. The van der Waals surface area contributed by atoms with Crippen LogP contribution in [0.3, 0.4) is 0 Å². The van der Waals surface area contributed by atoms with Crippen LogP contribution in [-0.2, 0) is 9.53 Å². The lowest BCUT2D eigenvalue weighted by molar-refractivity contribution is -0.134. The fourth-order valence-corrected chi connectivity index (χ4v) is 4.61. The van der Waals surface area contributed by atoms with Gasteiger partial charge in [0.15, 0.2) is 10.9 Å². The number of ether oxygens (including phenoxy) is 1. The Morgan fingerprint density at radius 2 is 2.06 bits per heavy atom. The number of aromatic nitrogens is 1. The second-order valence-corrected chi connectivity index (χ2v) is 8.36. The highest BCUT2D eigenvalue weighted by atomic mass is 32.1. The van der Waals surface area contributed by atoms with Gasteiger partial charge >= 0.3 is 5.97 Å². The highest BCUT2D eigenvalue weighted by molar-refractivity contribution is 7.18. The summed E-state index contributed by atoms with van der Waals surface area (Å²) in [5, 5.41) is 17.5. The maximum absolute atomic E-state index is 13.1. The molecule has 1 aliphatic rings. The molecular weight excluding hydrogens is 416 g/mol. The number of piperidine rings is 1. The molecule has 1 amide bonds. The SMILES string of the molecule is CO[C@H]1CCCN(c2nc(NCC(=O)O)c(C(=O)Nc3ccc4ccccc4c3)s2)C1. The third kappa shape index (κ3) is 4.95. The number of fused-ring (bicyclic) bond motifs is 1. The summed E-state index contributed by atoms with van der Waals surface area (Å²) in [4.78, 5) is 31.1. The number of thiazole rings is 1. The van der Waals surface area contributed by atoms with Gasteiger partial charge in [0.05, 0.1) is 6.10 Å². The van der Waals surface area contributed by atoms with Crippen molar-refractivity contribution in [3.63, 3.8) is 0 Å². The molecule has 0 bridgehead atoms. The molecule has 3 aromatic rings. The van der Waals surface area contributed by atoms with Crippen molar-refractivity contribution in [3.05, 3.63) is 47.3 Å². The minimum Gasteiger partial charge on any atom is -0.480 e. The lowest BCUT2D eigenvalue weighted by Crippen LogP contribution is -2.39. The maximum Gasteiger partial charge on any atom is 0.322 e. The summed E-state index contributed by atoms with van der Waals surface area (Å²) < 4.78 is 5.48. The third-order valence-electron chi connectivity index (χ3n) is 5.22. The molecule has 0 unspecified atom stereocenters. The van der Waals surface area contributed by atoms with E-state index in [2.05, 4.69) is 20.5 Å². The second-order valence-electron chi connectivity index (χ2n) is 7.38. The van der Waals surface area contributed by atoms with Crippen molar-refractivity contribution in [3.8, 4) is 0 Å². The zero-order valence-electron chi connectivity index (χ0n) is 17.1. The Hall–Kier alpha value is -3.17. The molecule has 1 atom stereocenters. The Morgan fingerprint density at radius 1 is 1.26 bits per heavy atom. The molecule has 0 radical (unpaired) electrons. The number of aliphatic carboxylic acids is 1. The Labute approximate surface area is 183 Å². The van der Waals surface area contributed by atoms with Gasteiger partial charge < -0.3 is 25.4 Å². The van der Waals surface area contributed by atoms with Crippen LogP contribution >= 0.6 is 11.3 Å². The fraction of sp³-hybridized carbons (Fsp3) is 0.318. The Morgan fingerprint density at radius 3 is 2.84 bits per heavy atom. The van der Waals surface area contributed by atoms with Gasteiger partial charge in [-0.2, -0.15) is 0 Å². The van der Waals surface area contributed by atoms with E-state index in [1.54, 1.807) is 7.11 Å². The number of benzene rings is 2. The molecule has 3 N–H and O–H groups in total. The van der Waals surface area contributed by atoms with Crippen molar-refractivity contribution < 1.29 is 19.4 Å². The first-order valence-electron chi connectivity index (χ1n) is 10.1. The molecular formula is C22H24N4O4S. The van der Waals surface area contributed by atoms with Crippen LogP contribution in [0, 0.1) is 0 Å². The molecule has 0 saturated carbocycles. The summed E-state index contributed by atoms with van der Waals surface area (Å²) in [6, 6.07) is 13.6. The molecule has 9 heteroatoms. The predicted molar refractivity (Wildman–Crippen MR) is 122 cm³/mol. The van der Waals surface area contributed by atoms with Crippen molar-refractivity contribution in [2.75, 3.05) is 42.3 Å². The van der Waals surface area contributed by atoms with Crippen LogP contribution in [0.1, 0.15) is 22.5 Å². The van der Waals surface area contributed by atoms with Crippen molar-refractivity contribution in [2.45, 2.75) is 18.9 Å². The molecule has 8 nitrogen and oxygen atoms in total. The molecule has 0 aliphatic carbocycles. The number of carbonyl (C=O) groups excluding carboxylic acids is 1. The summed E-state index contributed by atoms with van der Waals surface area (Å²) >= 11 is 1.25. The lowest BCUT2D eigenvalue weighted by Gasteiger charge is -2.31. The molecule has 1 aliphatic heterocycles. The highest BCUT2D eigenvalue weighted by Gasteiger charge is 2.26. The normalized spacial score (nSPS) is 16.3. The quantitative estimate of drug-likeness (QED) is 0.515. The molecule has 31 heavy (non-hydrogen) atoms. The summed E-state index contributed by atoms with van der Waals surface area (Å²) in [7, 11) is 1.69. The molecule has 4 rings (SSSR count). The average molecular weight is 441 g/mol. The summed E-state index contributed by atoms with van der Waals surface area (Å²) in [6.07, 6.45) is 2.06. The minimum atomic E-state index is -1.02. The van der Waals surface area contributed by atoms with Gasteiger partial charge in [-0.25, -0.2) is 4.98 Å². The molecule has 2 heterocycles. The molecule has 162 valence electrons. The van der Waals surface area contributed by atoms with Crippen molar-refractivity contribution >= 4 is 50.6 Å². The standard InChI is InChI=1S/C22H24N4O4S/c1-30-17-7-4-10-26(13-17)22-25-20(23-12-18(27)28)19(31-22)21(29)24-16-9-8-14-5-2-3-6-15(14)11-16/h2-3,5-6,8-9,11,17,23H,4,7,10,12-13H2,1H3,(H,24,29)(H,27,28)/t17-/m0/s1. The van der Waals surface area contributed by atoms with Crippen LogP contribution in [0.4, 0.5) is 16.6 Å². The summed E-state index contributed by atoms with van der Waals surface area (Å²) in [6.45, 7) is 1.19. The second kappa shape index (κ2) is 9.32. The minimum absolute atomic E-state index is 0.114. The van der Waals surface area contributed by atoms with Gasteiger partial charge in [0.1, 0.15) is 11.4 Å². The first-order chi connectivity index (χ1) is 15.0. The smallest absolute Gasteiger partial charge is 0.322 e. The third-order valence-corrected chi connectivity index (χ3v) is 6.33. The molecule has 2 aromatic carbocycles. The van der Waals surface area contributed by atoms with Gasteiger partial charge in [-0.05, 0) is 35.7 Å². The monoisotopic (exact) mass is 440 g/mol. The Kier molecular flexibility index (Phi) is 6.34. The van der Waals surface area contributed by atoms with Crippen molar-refractivity contribution in [2.24, 2.45) is 0 Å². The van der Waals surface area contributed by atoms with Crippen molar-refractivity contribution in [1.82, 2.24) is 4.98 Å². The number of anilines is 3. The van der Waals surface area contributed by atoms with Crippen LogP contribution < -0.4 is 15.5 Å². The molecule has 1 aromatic heterocycles. The Bertz CT molecular complexity index is 1100. The average Bonchev–Trinajstić information content (AvgIpc) is 3.22. The van der Waals surface area contributed by atoms with E-state index >= 15 is 0 Å². The first-order valence-corrected chi connectivity index (χ1v) is 10.9. The van der Waals surface area contributed by atoms with E-state index in [9.17, 15) is 9.59 Å². The van der Waals surface area contributed by atoms with Gasteiger partial charge in [-0.1, -0.05) is 41.7 Å². The van der Waals surface area contributed by atoms with E-state index in [-0.39, 0.29) is 24.4 Å². The van der Waals surface area contributed by atoms with Crippen LogP contribution in [0.25, 0.3) is 10.8 Å². The van der Waals surface area contributed by atoms with Crippen LogP contribution in [0.5, 0.6) is 0 Å². The van der Waals surface area contributed by atoms with E-state index in [4.69, 9.17) is 9.84 Å². The largest absolute Gasteiger partial charge is 0.480 e. The van der Waals surface area contributed by atoms with E-state index in [0.717, 1.165) is 30.2 Å². The number of methoxy groups -OCH3 is 1. The van der Waals surface area contributed by atoms with Crippen LogP contribution in [-0.4, -0.2) is 54.8 Å². The van der Waals surface area contributed by atoms with Crippen LogP contribution in [0.15, 0.2) is 42.5 Å². The number of hydrogen-bond acceptors (Lipinski definition) is 7. The summed E-state index contributed by atoms with van der Waals surface area (Å²) in [5.41, 5.74) is 0.667. The van der Waals surface area contributed by atoms with Gasteiger partial charge in [-0.3, -0.25) is 9.59 Å². The zero-order valence-corrected chi connectivity index (χ0v) is 17.9. The number of carboxylic acids is 1.